The molecule has 6 rings (SSSR count). The van der Waals surface area contributed by atoms with Crippen molar-refractivity contribution in [1.82, 2.24) is 0 Å². The average Bonchev–Trinajstić information content (AvgIpc) is 3.16. The first kappa shape index (κ1) is 21.1. The third-order valence-corrected chi connectivity index (χ3v) is 11.4. The number of rotatable bonds is 0. The monoisotopic (exact) mass is 430 g/mol. The molecule has 0 amide bonds. The Hall–Kier alpha value is -0.420. The SMILES string of the molecule is C[C@H]1[C@H]2[C@H](C[C@H]3[C@@H]4CC=C5C[C@@H](O)CC[C@]5(C)[C@H]4CC[C@]23C)O[C@]12CC[C@@](C)(O)CO2. The lowest BCUT2D eigenvalue weighted by atomic mass is 9.47. The van der Waals surface area contributed by atoms with Gasteiger partial charge < -0.3 is 19.7 Å². The zero-order valence-corrected chi connectivity index (χ0v) is 19.9. The molecule has 174 valence electrons. The van der Waals surface area contributed by atoms with Gasteiger partial charge in [0.15, 0.2) is 5.79 Å². The van der Waals surface area contributed by atoms with Gasteiger partial charge in [-0.2, -0.15) is 0 Å². The van der Waals surface area contributed by atoms with Gasteiger partial charge in [-0.3, -0.25) is 0 Å². The van der Waals surface area contributed by atoms with E-state index in [1.165, 1.54) is 25.7 Å². The third-order valence-electron chi connectivity index (χ3n) is 11.4. The van der Waals surface area contributed by atoms with Crippen molar-refractivity contribution in [3.05, 3.63) is 11.6 Å². The van der Waals surface area contributed by atoms with Crippen molar-refractivity contribution in [3.8, 4) is 0 Å². The van der Waals surface area contributed by atoms with Crippen molar-refractivity contribution in [1.29, 1.82) is 0 Å². The summed E-state index contributed by atoms with van der Waals surface area (Å²) in [5.74, 6) is 2.72. The zero-order valence-electron chi connectivity index (χ0n) is 19.9. The molecule has 4 heteroatoms. The molecule has 3 saturated carbocycles. The minimum Gasteiger partial charge on any atom is -0.393 e. The molecule has 0 unspecified atom stereocenters. The first-order valence-corrected chi connectivity index (χ1v) is 13.0. The van der Waals surface area contributed by atoms with Gasteiger partial charge in [0.25, 0.3) is 0 Å². The molecule has 5 fully saturated rings. The lowest BCUT2D eigenvalue weighted by molar-refractivity contribution is -0.293. The molecular weight excluding hydrogens is 388 g/mol. The Morgan fingerprint density at radius 1 is 1.03 bits per heavy atom. The van der Waals surface area contributed by atoms with Crippen molar-refractivity contribution < 1.29 is 19.7 Å². The molecular formula is C27H42O4. The van der Waals surface area contributed by atoms with E-state index in [1.807, 2.05) is 6.92 Å². The molecule has 2 saturated heterocycles. The molecule has 1 spiro atoms. The molecule has 31 heavy (non-hydrogen) atoms. The van der Waals surface area contributed by atoms with E-state index in [2.05, 4.69) is 26.8 Å². The fourth-order valence-corrected chi connectivity index (χ4v) is 9.64. The number of hydrogen-bond donors (Lipinski definition) is 2. The molecule has 0 aromatic rings. The fraction of sp³-hybridized carbons (Fsp3) is 0.926. The average molecular weight is 431 g/mol. The second-order valence-electron chi connectivity index (χ2n) is 13.0. The van der Waals surface area contributed by atoms with Gasteiger partial charge in [-0.05, 0) is 92.8 Å². The van der Waals surface area contributed by atoms with Crippen molar-refractivity contribution in [2.45, 2.75) is 109 Å². The van der Waals surface area contributed by atoms with Crippen LogP contribution in [0, 0.1) is 40.4 Å². The highest BCUT2D eigenvalue weighted by Crippen LogP contribution is 2.70. The molecule has 0 bridgehead atoms. The number of aliphatic hydroxyl groups is 2. The van der Waals surface area contributed by atoms with Gasteiger partial charge in [0.1, 0.15) is 0 Å². The van der Waals surface area contributed by atoms with Crippen LogP contribution in [0.3, 0.4) is 0 Å². The zero-order chi connectivity index (χ0) is 21.8. The summed E-state index contributed by atoms with van der Waals surface area (Å²) in [5, 5.41) is 20.7. The number of allylic oxidation sites excluding steroid dienone is 1. The van der Waals surface area contributed by atoms with Gasteiger partial charge in [0.05, 0.1) is 24.4 Å². The van der Waals surface area contributed by atoms with Crippen molar-refractivity contribution in [2.24, 2.45) is 40.4 Å². The Bertz CT molecular complexity index is 778. The van der Waals surface area contributed by atoms with Crippen LogP contribution in [0.4, 0.5) is 0 Å². The first-order valence-electron chi connectivity index (χ1n) is 13.0. The highest BCUT2D eigenvalue weighted by atomic mass is 16.7. The molecule has 6 aliphatic rings. The minimum absolute atomic E-state index is 0.128. The van der Waals surface area contributed by atoms with E-state index in [4.69, 9.17) is 9.47 Å². The Morgan fingerprint density at radius 2 is 1.84 bits per heavy atom. The summed E-state index contributed by atoms with van der Waals surface area (Å²) in [6, 6.07) is 0. The van der Waals surface area contributed by atoms with Crippen LogP contribution < -0.4 is 0 Å². The van der Waals surface area contributed by atoms with Crippen LogP contribution in [0.5, 0.6) is 0 Å². The maximum absolute atomic E-state index is 10.4. The second-order valence-corrected chi connectivity index (χ2v) is 13.0. The van der Waals surface area contributed by atoms with Crippen LogP contribution in [0.25, 0.3) is 0 Å². The maximum Gasteiger partial charge on any atom is 0.171 e. The molecule has 11 atom stereocenters. The number of ether oxygens (including phenoxy) is 2. The summed E-state index contributed by atoms with van der Waals surface area (Å²) < 4.78 is 13.1. The van der Waals surface area contributed by atoms with Gasteiger partial charge in [0, 0.05) is 12.3 Å². The van der Waals surface area contributed by atoms with Gasteiger partial charge in [0.2, 0.25) is 0 Å². The lowest BCUT2D eigenvalue weighted by Gasteiger charge is -2.58. The Kier molecular flexibility index (Phi) is 4.49. The van der Waals surface area contributed by atoms with Crippen molar-refractivity contribution in [3.63, 3.8) is 0 Å². The molecule has 0 aromatic carbocycles. The van der Waals surface area contributed by atoms with Gasteiger partial charge in [-0.25, -0.2) is 0 Å². The van der Waals surface area contributed by atoms with Crippen LogP contribution >= 0.6 is 0 Å². The minimum atomic E-state index is -0.717. The summed E-state index contributed by atoms with van der Waals surface area (Å²) >= 11 is 0. The Balaban J connectivity index is 1.27. The van der Waals surface area contributed by atoms with Crippen molar-refractivity contribution in [2.75, 3.05) is 6.61 Å². The lowest BCUT2D eigenvalue weighted by Crippen LogP contribution is -2.53. The van der Waals surface area contributed by atoms with E-state index in [9.17, 15) is 10.2 Å². The summed E-state index contributed by atoms with van der Waals surface area (Å²) in [6.07, 6.45) is 12.3. The summed E-state index contributed by atoms with van der Waals surface area (Å²) in [5.41, 5.74) is 1.47. The number of aliphatic hydroxyl groups excluding tert-OH is 1. The molecule has 0 radical (unpaired) electrons. The van der Waals surface area contributed by atoms with Gasteiger partial charge in [-0.15, -0.1) is 0 Å². The van der Waals surface area contributed by atoms with E-state index < -0.39 is 11.4 Å². The molecule has 0 aromatic heterocycles. The Morgan fingerprint density at radius 3 is 2.58 bits per heavy atom. The Labute approximate surface area is 187 Å². The fourth-order valence-electron chi connectivity index (χ4n) is 9.64. The van der Waals surface area contributed by atoms with Crippen LogP contribution in [0.1, 0.15) is 85.5 Å². The van der Waals surface area contributed by atoms with Gasteiger partial charge >= 0.3 is 0 Å². The third kappa shape index (κ3) is 2.80. The van der Waals surface area contributed by atoms with E-state index in [-0.39, 0.29) is 6.10 Å². The first-order chi connectivity index (χ1) is 14.6. The number of fused-ring (bicyclic) bond motifs is 7. The topological polar surface area (TPSA) is 58.9 Å². The standard InChI is InChI=1S/C27H42O4/c1-16-23-22(31-27(16)12-11-24(2,29)15-30-27)14-21-19-6-5-17-13-18(28)7-9-25(17,3)20(19)8-10-26(21,23)4/h5,16,18-23,28-29H,6-15H2,1-4H3/t16-,18-,19+,20-,21-,22-,23-,24+,25-,26-,27+/m0/s1. The predicted octanol–water partition coefficient (Wildman–Crippen LogP) is 4.83. The molecule has 2 aliphatic heterocycles. The second kappa shape index (κ2) is 6.58. The van der Waals surface area contributed by atoms with Crippen molar-refractivity contribution >= 4 is 0 Å². The van der Waals surface area contributed by atoms with Gasteiger partial charge in [-0.1, -0.05) is 32.4 Å². The largest absolute Gasteiger partial charge is 0.393 e. The van der Waals surface area contributed by atoms with Crippen LogP contribution in [0.15, 0.2) is 11.6 Å². The molecule has 2 N–H and O–H groups in total. The quantitative estimate of drug-likeness (QED) is 0.541. The summed E-state index contributed by atoms with van der Waals surface area (Å²) in [4.78, 5) is 0. The molecule has 2 heterocycles. The highest BCUT2D eigenvalue weighted by molar-refractivity contribution is 5.26. The van der Waals surface area contributed by atoms with Crippen LogP contribution in [-0.4, -0.2) is 40.4 Å². The van der Waals surface area contributed by atoms with Crippen LogP contribution in [0.2, 0.25) is 0 Å². The highest BCUT2D eigenvalue weighted by Gasteiger charge is 2.69. The maximum atomic E-state index is 10.4. The van der Waals surface area contributed by atoms with E-state index in [1.54, 1.807) is 5.57 Å². The van der Waals surface area contributed by atoms with Crippen LogP contribution in [-0.2, 0) is 9.47 Å². The normalized spacial score (nSPS) is 60.7. The van der Waals surface area contributed by atoms with E-state index in [0.29, 0.717) is 35.4 Å². The van der Waals surface area contributed by atoms with E-state index in [0.717, 1.165) is 49.9 Å². The van der Waals surface area contributed by atoms with E-state index >= 15 is 0 Å². The molecule has 4 nitrogen and oxygen atoms in total. The number of hydrogen-bond acceptors (Lipinski definition) is 4. The predicted molar refractivity (Wildman–Crippen MR) is 119 cm³/mol. The smallest absolute Gasteiger partial charge is 0.171 e. The summed E-state index contributed by atoms with van der Waals surface area (Å²) in [7, 11) is 0. The summed E-state index contributed by atoms with van der Waals surface area (Å²) in [6.45, 7) is 9.72. The molecule has 4 aliphatic carbocycles.